The second kappa shape index (κ2) is 8.48. The molecule has 1 saturated heterocycles. The molecule has 0 bridgehead atoms. The van der Waals surface area contributed by atoms with E-state index in [0.29, 0.717) is 9.92 Å². The van der Waals surface area contributed by atoms with Gasteiger partial charge in [-0.3, -0.25) is 0 Å². The van der Waals surface area contributed by atoms with Crippen LogP contribution in [-0.2, 0) is 9.84 Å². The summed E-state index contributed by atoms with van der Waals surface area (Å²) in [6, 6.07) is 7.01. The van der Waals surface area contributed by atoms with Crippen LogP contribution in [0.3, 0.4) is 0 Å². The molecule has 2 aromatic rings. The van der Waals surface area contributed by atoms with Gasteiger partial charge in [0.1, 0.15) is 0 Å². The fraction of sp³-hybridized carbons (Fsp3) is 0.524. The number of anilines is 2. The van der Waals surface area contributed by atoms with E-state index >= 15 is 0 Å². The van der Waals surface area contributed by atoms with Gasteiger partial charge in [-0.2, -0.15) is 0 Å². The van der Waals surface area contributed by atoms with Crippen LogP contribution >= 0.6 is 11.6 Å². The molecule has 0 unspecified atom stereocenters. The van der Waals surface area contributed by atoms with Crippen molar-refractivity contribution in [1.82, 2.24) is 9.97 Å². The summed E-state index contributed by atoms with van der Waals surface area (Å²) in [5, 5.41) is 3.99. The molecule has 6 nitrogen and oxygen atoms in total. The van der Waals surface area contributed by atoms with Crippen LogP contribution < -0.4 is 10.2 Å². The summed E-state index contributed by atoms with van der Waals surface area (Å²) in [5.74, 6) is 3.24. The maximum absolute atomic E-state index is 11.5. The van der Waals surface area contributed by atoms with Crippen LogP contribution in [-0.4, -0.2) is 44.3 Å². The van der Waals surface area contributed by atoms with Crippen LogP contribution in [0.25, 0.3) is 0 Å². The minimum atomic E-state index is -3.13. The molecule has 8 heteroatoms. The summed E-state index contributed by atoms with van der Waals surface area (Å²) in [7, 11) is -3.13. The molecule has 1 N–H and O–H groups in total. The van der Waals surface area contributed by atoms with Gasteiger partial charge in [-0.15, -0.1) is 0 Å². The lowest BCUT2D eigenvalue weighted by Gasteiger charge is -2.32. The lowest BCUT2D eigenvalue weighted by Crippen LogP contribution is -2.35. The highest BCUT2D eigenvalue weighted by Crippen LogP contribution is 2.49. The topological polar surface area (TPSA) is 75.2 Å². The average Bonchev–Trinajstić information content (AvgIpc) is 3.48. The first-order valence-electron chi connectivity index (χ1n) is 10.2. The SMILES string of the molecule is CS(=O)(=O)c1ccc(NCC[C@@H]2C[C@H]2C2CCN(c3ncc(Cl)cn3)CC2)cc1. The smallest absolute Gasteiger partial charge is 0.225 e. The van der Waals surface area contributed by atoms with Gasteiger partial charge >= 0.3 is 0 Å². The molecule has 1 saturated carbocycles. The molecule has 29 heavy (non-hydrogen) atoms. The quantitative estimate of drug-likeness (QED) is 0.712. The van der Waals surface area contributed by atoms with Crippen molar-refractivity contribution in [2.24, 2.45) is 17.8 Å². The number of nitrogens with one attached hydrogen (secondary N) is 1. The van der Waals surface area contributed by atoms with Crippen LogP contribution in [0, 0.1) is 17.8 Å². The largest absolute Gasteiger partial charge is 0.385 e. The lowest BCUT2D eigenvalue weighted by molar-refractivity contribution is 0.343. The minimum Gasteiger partial charge on any atom is -0.385 e. The summed E-state index contributed by atoms with van der Waals surface area (Å²) >= 11 is 5.87. The number of benzene rings is 1. The van der Waals surface area contributed by atoms with Gasteiger partial charge in [0.15, 0.2) is 9.84 Å². The third kappa shape index (κ3) is 5.20. The normalized spacial score (nSPS) is 22.5. The summed E-state index contributed by atoms with van der Waals surface area (Å²) in [6.45, 7) is 2.96. The van der Waals surface area contributed by atoms with Crippen molar-refractivity contribution in [2.45, 2.75) is 30.6 Å². The lowest BCUT2D eigenvalue weighted by atomic mass is 9.90. The number of halogens is 1. The van der Waals surface area contributed by atoms with E-state index in [-0.39, 0.29) is 0 Å². The van der Waals surface area contributed by atoms with E-state index in [4.69, 9.17) is 11.6 Å². The number of sulfone groups is 1. The van der Waals surface area contributed by atoms with Gasteiger partial charge in [0.05, 0.1) is 22.3 Å². The maximum atomic E-state index is 11.5. The zero-order valence-electron chi connectivity index (χ0n) is 16.6. The third-order valence-corrected chi connectivity index (χ3v) is 7.46. The van der Waals surface area contributed by atoms with E-state index < -0.39 is 9.84 Å². The first-order chi connectivity index (χ1) is 13.9. The average molecular weight is 435 g/mol. The highest BCUT2D eigenvalue weighted by Gasteiger charge is 2.43. The zero-order chi connectivity index (χ0) is 20.4. The van der Waals surface area contributed by atoms with E-state index in [2.05, 4.69) is 20.2 Å². The molecular weight excluding hydrogens is 408 g/mol. The van der Waals surface area contributed by atoms with Gasteiger partial charge < -0.3 is 10.2 Å². The summed E-state index contributed by atoms with van der Waals surface area (Å²) in [6.07, 6.45) is 9.45. The summed E-state index contributed by atoms with van der Waals surface area (Å²) in [5.41, 5.74) is 0.978. The summed E-state index contributed by atoms with van der Waals surface area (Å²) < 4.78 is 23.0. The fourth-order valence-corrected chi connectivity index (χ4v) is 5.13. The van der Waals surface area contributed by atoms with Gasteiger partial charge in [-0.1, -0.05) is 11.6 Å². The molecule has 1 aliphatic heterocycles. The van der Waals surface area contributed by atoms with Gasteiger partial charge in [-0.05, 0) is 67.7 Å². The van der Waals surface area contributed by atoms with Gasteiger partial charge in [0.2, 0.25) is 5.95 Å². The number of nitrogens with zero attached hydrogens (tertiary/aromatic N) is 3. The number of piperidine rings is 1. The second-order valence-electron chi connectivity index (χ2n) is 8.20. The fourth-order valence-electron chi connectivity index (χ4n) is 4.40. The van der Waals surface area contributed by atoms with Crippen molar-refractivity contribution in [2.75, 3.05) is 36.1 Å². The molecule has 156 valence electrons. The molecular formula is C21H27ClN4O2S. The highest BCUT2D eigenvalue weighted by atomic mass is 35.5. The van der Waals surface area contributed by atoms with E-state index in [9.17, 15) is 8.42 Å². The van der Waals surface area contributed by atoms with E-state index in [1.807, 2.05) is 12.1 Å². The van der Waals surface area contributed by atoms with Crippen LogP contribution in [0.4, 0.5) is 11.6 Å². The highest BCUT2D eigenvalue weighted by molar-refractivity contribution is 7.90. The Bertz CT molecular complexity index is 926. The Labute approximate surface area is 177 Å². The molecule has 1 aliphatic carbocycles. The molecule has 2 fully saturated rings. The monoisotopic (exact) mass is 434 g/mol. The molecule has 0 radical (unpaired) electrons. The van der Waals surface area contributed by atoms with Crippen molar-refractivity contribution in [3.05, 3.63) is 41.7 Å². The molecule has 2 aliphatic rings. The molecule has 0 spiro atoms. The molecule has 1 aromatic heterocycles. The Morgan fingerprint density at radius 2 is 1.79 bits per heavy atom. The maximum Gasteiger partial charge on any atom is 0.225 e. The van der Waals surface area contributed by atoms with Gasteiger partial charge in [0.25, 0.3) is 0 Å². The first kappa shape index (κ1) is 20.4. The minimum absolute atomic E-state index is 0.362. The molecule has 2 heterocycles. The molecule has 0 amide bonds. The molecule has 2 atom stereocenters. The Kier molecular flexibility index (Phi) is 5.97. The first-order valence-corrected chi connectivity index (χ1v) is 12.4. The van der Waals surface area contributed by atoms with Crippen LogP contribution in [0.1, 0.15) is 25.7 Å². The van der Waals surface area contributed by atoms with E-state index in [1.54, 1.807) is 24.5 Å². The van der Waals surface area contributed by atoms with Crippen LogP contribution in [0.2, 0.25) is 5.02 Å². The Balaban J connectivity index is 1.18. The predicted molar refractivity (Wildman–Crippen MR) is 116 cm³/mol. The van der Waals surface area contributed by atoms with Crippen LogP contribution in [0.15, 0.2) is 41.6 Å². The van der Waals surface area contributed by atoms with Crippen molar-refractivity contribution < 1.29 is 8.42 Å². The third-order valence-electron chi connectivity index (χ3n) is 6.14. The Hall–Kier alpha value is -1.86. The van der Waals surface area contributed by atoms with Crippen LogP contribution in [0.5, 0.6) is 0 Å². The Morgan fingerprint density at radius 3 is 2.41 bits per heavy atom. The molecule has 4 rings (SSSR count). The van der Waals surface area contributed by atoms with Gasteiger partial charge in [-0.25, -0.2) is 18.4 Å². The Morgan fingerprint density at radius 1 is 1.14 bits per heavy atom. The zero-order valence-corrected chi connectivity index (χ0v) is 18.2. The van der Waals surface area contributed by atoms with Crippen molar-refractivity contribution in [1.29, 1.82) is 0 Å². The van der Waals surface area contributed by atoms with Crippen molar-refractivity contribution >= 4 is 33.1 Å². The predicted octanol–water partition coefficient (Wildman–Crippen LogP) is 3.89. The second-order valence-corrected chi connectivity index (χ2v) is 10.6. The van der Waals surface area contributed by atoms with E-state index in [1.165, 1.54) is 31.9 Å². The standard InChI is InChI=1S/C21H27ClN4O2S/c1-29(27,28)19-4-2-18(3-5-19)23-9-6-16-12-20(16)15-7-10-26(11-8-15)21-24-13-17(22)14-25-21/h2-5,13-16,20,23H,6-12H2,1H3/t16-,20+/m1/s1. The van der Waals surface area contributed by atoms with E-state index in [0.717, 1.165) is 49.0 Å². The molecule has 1 aromatic carbocycles. The van der Waals surface area contributed by atoms with Crippen molar-refractivity contribution in [3.63, 3.8) is 0 Å². The number of hydrogen-bond donors (Lipinski definition) is 1. The summed E-state index contributed by atoms with van der Waals surface area (Å²) in [4.78, 5) is 11.3. The number of rotatable bonds is 7. The number of hydrogen-bond acceptors (Lipinski definition) is 6. The van der Waals surface area contributed by atoms with Gasteiger partial charge in [0, 0.05) is 31.6 Å². The number of aromatic nitrogens is 2. The van der Waals surface area contributed by atoms with Crippen molar-refractivity contribution in [3.8, 4) is 0 Å².